The summed E-state index contributed by atoms with van der Waals surface area (Å²) in [7, 11) is -9.88. The Labute approximate surface area is 498 Å². The van der Waals surface area contributed by atoms with Crippen LogP contribution in [0.15, 0.2) is 0 Å². The molecule has 0 aliphatic carbocycles. The lowest BCUT2D eigenvalue weighted by Gasteiger charge is -2.21. The van der Waals surface area contributed by atoms with Gasteiger partial charge in [0.25, 0.3) is 0 Å². The Morgan fingerprint density at radius 2 is 0.561 bits per heavy atom. The number of carbonyl (C=O) groups is 4. The van der Waals surface area contributed by atoms with Crippen LogP contribution in [0.1, 0.15) is 317 Å². The quantitative estimate of drug-likeness (QED) is 0.0222. The number of phosphoric acid groups is 2. The maximum absolute atomic E-state index is 13.0. The summed E-state index contributed by atoms with van der Waals surface area (Å²) in [5.41, 5.74) is 0. The largest absolute Gasteiger partial charge is 0.472 e. The highest BCUT2D eigenvalue weighted by molar-refractivity contribution is 7.47. The summed E-state index contributed by atoms with van der Waals surface area (Å²) in [4.78, 5) is 72.1. The van der Waals surface area contributed by atoms with Crippen LogP contribution >= 0.6 is 15.6 Å². The molecule has 0 aliphatic heterocycles. The first-order chi connectivity index (χ1) is 39.5. The van der Waals surface area contributed by atoms with Crippen molar-refractivity contribution < 1.29 is 80.2 Å². The molecule has 2 unspecified atom stereocenters. The summed E-state index contributed by atoms with van der Waals surface area (Å²) in [5.74, 6) is -1.42. The van der Waals surface area contributed by atoms with Crippen LogP contribution in [-0.2, 0) is 65.4 Å². The zero-order valence-corrected chi connectivity index (χ0v) is 54.4. The van der Waals surface area contributed by atoms with Crippen molar-refractivity contribution in [2.24, 2.45) is 5.92 Å². The molecule has 0 spiro atoms. The van der Waals surface area contributed by atoms with Crippen LogP contribution < -0.4 is 0 Å². The van der Waals surface area contributed by atoms with Gasteiger partial charge in [-0.3, -0.25) is 37.3 Å². The third-order valence-corrected chi connectivity index (χ3v) is 16.4. The van der Waals surface area contributed by atoms with E-state index in [9.17, 15) is 43.2 Å². The fraction of sp³-hybridized carbons (Fsp3) is 0.937. The topological polar surface area (TPSA) is 237 Å². The number of hydrogen-bond donors (Lipinski definition) is 3. The molecule has 0 radical (unpaired) electrons. The van der Waals surface area contributed by atoms with Crippen molar-refractivity contribution in [3.8, 4) is 0 Å². The highest BCUT2D eigenvalue weighted by atomic mass is 31.2. The fourth-order valence-electron chi connectivity index (χ4n) is 9.41. The minimum Gasteiger partial charge on any atom is -0.462 e. The van der Waals surface area contributed by atoms with E-state index >= 15 is 0 Å². The molecule has 0 heterocycles. The lowest BCUT2D eigenvalue weighted by Crippen LogP contribution is -2.30. The van der Waals surface area contributed by atoms with Crippen molar-refractivity contribution >= 4 is 39.5 Å². The molecule has 0 amide bonds. The molecule has 0 bridgehead atoms. The van der Waals surface area contributed by atoms with Crippen LogP contribution in [0, 0.1) is 5.92 Å². The molecule has 486 valence electrons. The van der Waals surface area contributed by atoms with Gasteiger partial charge in [0.2, 0.25) is 0 Å². The zero-order valence-electron chi connectivity index (χ0n) is 52.6. The van der Waals surface area contributed by atoms with Crippen LogP contribution in [0.25, 0.3) is 0 Å². The van der Waals surface area contributed by atoms with Crippen molar-refractivity contribution in [3.05, 3.63) is 0 Å². The number of rotatable bonds is 63. The predicted molar refractivity (Wildman–Crippen MR) is 326 cm³/mol. The smallest absolute Gasteiger partial charge is 0.462 e. The van der Waals surface area contributed by atoms with Crippen molar-refractivity contribution in [1.29, 1.82) is 0 Å². The van der Waals surface area contributed by atoms with Crippen LogP contribution in [0.3, 0.4) is 0 Å². The van der Waals surface area contributed by atoms with Gasteiger partial charge in [0.05, 0.1) is 26.4 Å². The molecular weight excluding hydrogens is 1090 g/mol. The Kier molecular flexibility index (Phi) is 55.5. The summed E-state index contributed by atoms with van der Waals surface area (Å²) in [6.45, 7) is 7.13. The predicted octanol–water partition coefficient (Wildman–Crippen LogP) is 17.4. The molecule has 19 heteroatoms. The van der Waals surface area contributed by atoms with E-state index in [0.717, 1.165) is 95.8 Å². The van der Waals surface area contributed by atoms with E-state index in [1.807, 2.05) is 0 Å². The van der Waals surface area contributed by atoms with Crippen LogP contribution in [0.4, 0.5) is 0 Å². The van der Waals surface area contributed by atoms with Gasteiger partial charge in [-0.05, 0) is 31.6 Å². The second-order valence-corrected chi connectivity index (χ2v) is 26.2. The minimum atomic E-state index is -4.94. The first kappa shape index (κ1) is 80.1. The number of hydrogen-bond acceptors (Lipinski definition) is 15. The van der Waals surface area contributed by atoms with Crippen molar-refractivity contribution in [2.75, 3.05) is 39.6 Å². The monoisotopic (exact) mass is 1210 g/mol. The Hall–Kier alpha value is -1.94. The number of phosphoric ester groups is 2. The van der Waals surface area contributed by atoms with E-state index in [0.29, 0.717) is 25.7 Å². The van der Waals surface area contributed by atoms with Gasteiger partial charge >= 0.3 is 39.5 Å². The van der Waals surface area contributed by atoms with E-state index < -0.39 is 97.5 Å². The van der Waals surface area contributed by atoms with Crippen LogP contribution in [0.5, 0.6) is 0 Å². The normalized spacial score (nSPS) is 14.3. The maximum Gasteiger partial charge on any atom is 0.472 e. The molecule has 0 aromatic carbocycles. The van der Waals surface area contributed by atoms with E-state index in [1.54, 1.807) is 0 Å². The van der Waals surface area contributed by atoms with Crippen molar-refractivity contribution in [3.63, 3.8) is 0 Å². The second kappa shape index (κ2) is 56.8. The average molecular weight is 1210 g/mol. The van der Waals surface area contributed by atoms with Crippen molar-refractivity contribution in [1.82, 2.24) is 0 Å². The van der Waals surface area contributed by atoms with E-state index in [-0.39, 0.29) is 25.7 Å². The van der Waals surface area contributed by atoms with Gasteiger partial charge in [0, 0.05) is 25.7 Å². The van der Waals surface area contributed by atoms with Gasteiger partial charge in [-0.25, -0.2) is 9.13 Å². The Bertz CT molecular complexity index is 1600. The number of carbonyl (C=O) groups excluding carboxylic acids is 4. The molecule has 82 heavy (non-hydrogen) atoms. The standard InChI is InChI=1S/C63H122O17P2/c1-6-9-12-15-18-21-23-26-32-37-42-47-61(66)74-53-59(80-63(68)49-44-39-34-29-28-30-35-40-45-56(4)5)55-78-82(71,72)76-51-57(64)50-75-81(69,70)77-54-58(52-73-60(65)46-41-36-31-25-20-17-14-11-8-3)79-62(67)48-43-38-33-27-24-22-19-16-13-10-7-2/h56-59,64H,6-55H2,1-5H3,(H,69,70)(H,71,72)/t57-,58+,59+/m0/s1. The molecule has 0 fully saturated rings. The molecule has 0 saturated carbocycles. The molecule has 0 aromatic rings. The molecule has 17 nitrogen and oxygen atoms in total. The van der Waals surface area contributed by atoms with E-state index in [2.05, 4.69) is 34.6 Å². The number of ether oxygens (including phenoxy) is 4. The molecular formula is C63H122O17P2. The average Bonchev–Trinajstić information content (AvgIpc) is 3.45. The van der Waals surface area contributed by atoms with Gasteiger partial charge < -0.3 is 33.8 Å². The number of aliphatic hydroxyl groups is 1. The summed E-state index contributed by atoms with van der Waals surface area (Å²) in [6, 6.07) is 0. The van der Waals surface area contributed by atoms with Gasteiger partial charge in [-0.2, -0.15) is 0 Å². The van der Waals surface area contributed by atoms with E-state index in [4.69, 9.17) is 37.0 Å². The Balaban J connectivity index is 5.23. The summed E-state index contributed by atoms with van der Waals surface area (Å²) in [5, 5.41) is 10.5. The summed E-state index contributed by atoms with van der Waals surface area (Å²) >= 11 is 0. The number of unbranched alkanes of at least 4 members (excludes halogenated alkanes) is 35. The van der Waals surface area contributed by atoms with Crippen molar-refractivity contribution in [2.45, 2.75) is 335 Å². The van der Waals surface area contributed by atoms with Crippen LogP contribution in [-0.4, -0.2) is 96.7 Å². The molecule has 0 aromatic heterocycles. The molecule has 0 rings (SSSR count). The van der Waals surface area contributed by atoms with Gasteiger partial charge in [0.1, 0.15) is 19.3 Å². The summed E-state index contributed by atoms with van der Waals surface area (Å²) in [6.07, 6.45) is 40.2. The van der Waals surface area contributed by atoms with E-state index in [1.165, 1.54) is 141 Å². The van der Waals surface area contributed by atoms with Gasteiger partial charge in [-0.1, -0.05) is 266 Å². The SMILES string of the molecule is CCCCCCCCCCCCCC(=O)OC[C@H](COP(=O)(O)OC[C@@H](O)COP(=O)(O)OC[C@@H](COC(=O)CCCCCCCCCCC)OC(=O)CCCCCCCCCCCCC)OC(=O)CCCCCCCCCCC(C)C. The second-order valence-electron chi connectivity index (χ2n) is 23.3. The third kappa shape index (κ3) is 57.2. The molecule has 0 aliphatic rings. The fourth-order valence-corrected chi connectivity index (χ4v) is 11.0. The first-order valence-electron chi connectivity index (χ1n) is 33.1. The maximum atomic E-state index is 13.0. The minimum absolute atomic E-state index is 0.105. The summed E-state index contributed by atoms with van der Waals surface area (Å²) < 4.78 is 67.9. The first-order valence-corrected chi connectivity index (χ1v) is 36.1. The van der Waals surface area contributed by atoms with Crippen LogP contribution in [0.2, 0.25) is 0 Å². The highest BCUT2D eigenvalue weighted by Crippen LogP contribution is 2.45. The molecule has 3 N–H and O–H groups in total. The third-order valence-electron chi connectivity index (χ3n) is 14.5. The number of aliphatic hydroxyl groups excluding tert-OH is 1. The Morgan fingerprint density at radius 3 is 0.829 bits per heavy atom. The highest BCUT2D eigenvalue weighted by Gasteiger charge is 2.30. The molecule has 5 atom stereocenters. The zero-order chi connectivity index (χ0) is 60.6. The lowest BCUT2D eigenvalue weighted by atomic mass is 10.0. The molecule has 0 saturated heterocycles. The lowest BCUT2D eigenvalue weighted by molar-refractivity contribution is -0.161. The number of esters is 4. The Morgan fingerprint density at radius 1 is 0.329 bits per heavy atom. The van der Waals surface area contributed by atoms with Gasteiger partial charge in [-0.15, -0.1) is 0 Å². The van der Waals surface area contributed by atoms with Gasteiger partial charge in [0.15, 0.2) is 12.2 Å².